The summed E-state index contributed by atoms with van der Waals surface area (Å²) in [5.74, 6) is 1.46. The number of aliphatic hydroxyl groups is 1. The number of nitrogens with zero attached hydrogens (tertiary/aromatic N) is 2. The number of nitrogens with one attached hydrogen (secondary N) is 2. The van der Waals surface area contributed by atoms with Crippen molar-refractivity contribution in [2.45, 2.75) is 17.2 Å². The minimum absolute atomic E-state index is 0.374. The molecular formula is C11H18N4O2S. The van der Waals surface area contributed by atoms with Crippen LogP contribution < -0.4 is 10.6 Å². The summed E-state index contributed by atoms with van der Waals surface area (Å²) in [4.78, 5) is 8.62. The summed E-state index contributed by atoms with van der Waals surface area (Å²) in [6.07, 6.45) is 2.58. The van der Waals surface area contributed by atoms with Gasteiger partial charge in [0, 0.05) is 32.7 Å². The van der Waals surface area contributed by atoms with Crippen LogP contribution in [0.5, 0.6) is 0 Å². The summed E-state index contributed by atoms with van der Waals surface area (Å²) in [7, 11) is 1.81. The second-order valence-electron chi connectivity index (χ2n) is 4.26. The minimum atomic E-state index is -0.787. The second kappa shape index (κ2) is 5.73. The molecule has 0 bridgehead atoms. The van der Waals surface area contributed by atoms with Crippen molar-refractivity contribution in [2.24, 2.45) is 0 Å². The monoisotopic (exact) mass is 270 g/mol. The average molecular weight is 270 g/mol. The first-order valence-corrected chi connectivity index (χ1v) is 7.02. The van der Waals surface area contributed by atoms with Gasteiger partial charge in [-0.3, -0.25) is 0 Å². The van der Waals surface area contributed by atoms with Crippen molar-refractivity contribution < 1.29 is 9.84 Å². The largest absolute Gasteiger partial charge is 0.386 e. The number of hydrogen-bond donors (Lipinski definition) is 3. The lowest BCUT2D eigenvalue weighted by Gasteiger charge is -2.21. The highest BCUT2D eigenvalue weighted by Gasteiger charge is 2.32. The molecule has 1 aromatic heterocycles. The zero-order valence-corrected chi connectivity index (χ0v) is 11.4. The van der Waals surface area contributed by atoms with Gasteiger partial charge in [0.25, 0.3) is 0 Å². The van der Waals surface area contributed by atoms with Gasteiger partial charge in [-0.05, 0) is 6.26 Å². The van der Waals surface area contributed by atoms with E-state index < -0.39 is 5.60 Å². The summed E-state index contributed by atoms with van der Waals surface area (Å²) >= 11 is 1.48. The van der Waals surface area contributed by atoms with E-state index in [1.807, 2.05) is 19.4 Å². The quantitative estimate of drug-likeness (QED) is 0.539. The number of hydrogen-bond acceptors (Lipinski definition) is 7. The minimum Gasteiger partial charge on any atom is -0.386 e. The number of thioether (sulfide) groups is 1. The van der Waals surface area contributed by atoms with Crippen LogP contribution in [0, 0.1) is 0 Å². The Morgan fingerprint density at radius 3 is 2.89 bits per heavy atom. The molecule has 1 aliphatic rings. The van der Waals surface area contributed by atoms with Crippen molar-refractivity contribution >= 4 is 23.4 Å². The van der Waals surface area contributed by atoms with Crippen LogP contribution in [0.15, 0.2) is 11.2 Å². The molecule has 1 saturated heterocycles. The van der Waals surface area contributed by atoms with Gasteiger partial charge in [0.05, 0.1) is 6.61 Å². The highest BCUT2D eigenvalue weighted by Crippen LogP contribution is 2.21. The first-order chi connectivity index (χ1) is 8.65. The van der Waals surface area contributed by atoms with Crippen LogP contribution in [0.2, 0.25) is 0 Å². The SMILES string of the molecule is CNc1cc(NCC2(O)CCOC2)nc(SC)n1. The highest BCUT2D eigenvalue weighted by molar-refractivity contribution is 7.98. The molecule has 0 aliphatic carbocycles. The maximum Gasteiger partial charge on any atom is 0.191 e. The van der Waals surface area contributed by atoms with Crippen LogP contribution in [0.1, 0.15) is 6.42 Å². The molecule has 18 heavy (non-hydrogen) atoms. The van der Waals surface area contributed by atoms with Gasteiger partial charge in [0.1, 0.15) is 17.2 Å². The van der Waals surface area contributed by atoms with E-state index in [0.29, 0.717) is 37.2 Å². The Morgan fingerprint density at radius 2 is 2.28 bits per heavy atom. The smallest absolute Gasteiger partial charge is 0.191 e. The van der Waals surface area contributed by atoms with Gasteiger partial charge in [-0.25, -0.2) is 9.97 Å². The lowest BCUT2D eigenvalue weighted by molar-refractivity contribution is 0.0381. The summed E-state index contributed by atoms with van der Waals surface area (Å²) in [5, 5.41) is 17.0. The maximum absolute atomic E-state index is 10.2. The lowest BCUT2D eigenvalue weighted by Crippen LogP contribution is -2.37. The van der Waals surface area contributed by atoms with Gasteiger partial charge >= 0.3 is 0 Å². The van der Waals surface area contributed by atoms with E-state index >= 15 is 0 Å². The molecule has 1 fully saturated rings. The number of anilines is 2. The van der Waals surface area contributed by atoms with E-state index in [4.69, 9.17) is 4.74 Å². The Kier molecular flexibility index (Phi) is 4.26. The third-order valence-electron chi connectivity index (χ3n) is 2.83. The number of rotatable bonds is 5. The van der Waals surface area contributed by atoms with Crippen LogP contribution in [-0.2, 0) is 4.74 Å². The molecule has 0 aromatic carbocycles. The van der Waals surface area contributed by atoms with Crippen LogP contribution in [0.3, 0.4) is 0 Å². The van der Waals surface area contributed by atoms with Gasteiger partial charge in [0.2, 0.25) is 0 Å². The first kappa shape index (κ1) is 13.4. The second-order valence-corrected chi connectivity index (χ2v) is 5.03. The van der Waals surface area contributed by atoms with E-state index in [-0.39, 0.29) is 0 Å². The van der Waals surface area contributed by atoms with Gasteiger partial charge in [-0.2, -0.15) is 0 Å². The Bertz CT molecular complexity index is 388. The van der Waals surface area contributed by atoms with Crippen molar-refractivity contribution in [1.29, 1.82) is 0 Å². The van der Waals surface area contributed by atoms with Crippen molar-refractivity contribution in [3.05, 3.63) is 6.07 Å². The van der Waals surface area contributed by atoms with Crippen LogP contribution in [0.25, 0.3) is 0 Å². The van der Waals surface area contributed by atoms with E-state index in [1.54, 1.807) is 0 Å². The predicted octanol–water partition coefficient (Wildman–Crippen LogP) is 0.803. The molecule has 2 heterocycles. The van der Waals surface area contributed by atoms with Gasteiger partial charge in [-0.15, -0.1) is 0 Å². The fourth-order valence-electron chi connectivity index (χ4n) is 1.73. The van der Waals surface area contributed by atoms with Crippen LogP contribution in [0.4, 0.5) is 11.6 Å². The molecule has 2 rings (SSSR count). The molecular weight excluding hydrogens is 252 g/mol. The van der Waals surface area contributed by atoms with Crippen molar-refractivity contribution in [1.82, 2.24) is 9.97 Å². The van der Waals surface area contributed by atoms with Gasteiger partial charge in [0.15, 0.2) is 5.16 Å². The van der Waals surface area contributed by atoms with E-state index in [0.717, 1.165) is 5.82 Å². The zero-order chi connectivity index (χ0) is 13.0. The normalized spacial score (nSPS) is 23.1. The fraction of sp³-hybridized carbons (Fsp3) is 0.636. The molecule has 100 valence electrons. The summed E-state index contributed by atoms with van der Waals surface area (Å²) in [5.41, 5.74) is -0.787. The number of aromatic nitrogens is 2. The third-order valence-corrected chi connectivity index (χ3v) is 3.37. The fourth-order valence-corrected chi connectivity index (χ4v) is 2.11. The zero-order valence-electron chi connectivity index (χ0n) is 10.6. The molecule has 0 radical (unpaired) electrons. The molecule has 6 nitrogen and oxygen atoms in total. The van der Waals surface area contributed by atoms with Crippen LogP contribution >= 0.6 is 11.8 Å². The van der Waals surface area contributed by atoms with Crippen molar-refractivity contribution in [2.75, 3.05) is 43.7 Å². The maximum atomic E-state index is 10.2. The standard InChI is InChI=1S/C11H18N4O2S/c1-12-8-5-9(15-10(14-8)18-2)13-6-11(16)3-4-17-7-11/h5,16H,3-4,6-7H2,1-2H3,(H2,12,13,14,15). The molecule has 3 N–H and O–H groups in total. The van der Waals surface area contributed by atoms with E-state index in [9.17, 15) is 5.11 Å². The molecule has 1 unspecified atom stereocenters. The average Bonchev–Trinajstić information content (AvgIpc) is 2.83. The Morgan fingerprint density at radius 1 is 1.50 bits per heavy atom. The first-order valence-electron chi connectivity index (χ1n) is 5.80. The van der Waals surface area contributed by atoms with Gasteiger partial charge in [-0.1, -0.05) is 11.8 Å². The summed E-state index contributed by atoms with van der Waals surface area (Å²) < 4.78 is 5.20. The Labute approximate surface area is 111 Å². The molecule has 0 spiro atoms. The van der Waals surface area contributed by atoms with Crippen LogP contribution in [-0.4, -0.2) is 53.7 Å². The predicted molar refractivity (Wildman–Crippen MR) is 72.2 cm³/mol. The molecule has 1 aliphatic heterocycles. The van der Waals surface area contributed by atoms with E-state index in [1.165, 1.54) is 11.8 Å². The highest BCUT2D eigenvalue weighted by atomic mass is 32.2. The lowest BCUT2D eigenvalue weighted by atomic mass is 10.0. The summed E-state index contributed by atoms with van der Waals surface area (Å²) in [6.45, 7) is 1.42. The summed E-state index contributed by atoms with van der Waals surface area (Å²) in [6, 6.07) is 1.82. The number of ether oxygens (including phenoxy) is 1. The molecule has 1 atom stereocenters. The molecule has 7 heteroatoms. The Hall–Kier alpha value is -1.05. The van der Waals surface area contributed by atoms with Crippen molar-refractivity contribution in [3.63, 3.8) is 0 Å². The third kappa shape index (κ3) is 3.24. The molecule has 0 saturated carbocycles. The van der Waals surface area contributed by atoms with E-state index in [2.05, 4.69) is 20.6 Å². The molecule has 1 aromatic rings. The Balaban J connectivity index is 2.04. The molecule has 0 amide bonds. The topological polar surface area (TPSA) is 79.3 Å². The van der Waals surface area contributed by atoms with Gasteiger partial charge < -0.3 is 20.5 Å². The van der Waals surface area contributed by atoms with Crippen molar-refractivity contribution in [3.8, 4) is 0 Å².